The van der Waals surface area contributed by atoms with E-state index in [1.165, 1.54) is 0 Å². The highest BCUT2D eigenvalue weighted by Crippen LogP contribution is 2.09. The van der Waals surface area contributed by atoms with E-state index in [-0.39, 0.29) is 11.0 Å². The minimum absolute atomic E-state index is 0.230. The van der Waals surface area contributed by atoms with Gasteiger partial charge in [-0.05, 0) is 62.8 Å². The molecule has 5 heteroatoms. The van der Waals surface area contributed by atoms with Crippen molar-refractivity contribution >= 4 is 29.1 Å². The van der Waals surface area contributed by atoms with Gasteiger partial charge < -0.3 is 5.32 Å². The number of hydrogen-bond donors (Lipinski definition) is 2. The number of anilines is 1. The summed E-state index contributed by atoms with van der Waals surface area (Å²) in [5.41, 5.74) is 3.74. The molecule has 21 heavy (non-hydrogen) atoms. The first-order valence-electron chi connectivity index (χ1n) is 6.57. The van der Waals surface area contributed by atoms with Gasteiger partial charge in [0.05, 0.1) is 0 Å². The number of thiocarbonyl (C=S) groups is 1. The van der Waals surface area contributed by atoms with Crippen LogP contribution in [0.2, 0.25) is 0 Å². The molecule has 0 bridgehead atoms. The second-order valence-corrected chi connectivity index (χ2v) is 5.41. The van der Waals surface area contributed by atoms with Crippen LogP contribution in [0.5, 0.6) is 0 Å². The van der Waals surface area contributed by atoms with Crippen LogP contribution in [0.3, 0.4) is 0 Å². The second kappa shape index (κ2) is 6.45. The number of carbonyl (C=O) groups excluding carboxylic acids is 1. The fourth-order valence-corrected chi connectivity index (χ4v) is 2.23. The van der Waals surface area contributed by atoms with Gasteiger partial charge in [0.1, 0.15) is 5.82 Å². The van der Waals surface area contributed by atoms with Gasteiger partial charge in [-0.2, -0.15) is 0 Å². The summed E-state index contributed by atoms with van der Waals surface area (Å²) in [4.78, 5) is 16.3. The second-order valence-electron chi connectivity index (χ2n) is 5.00. The number of benzene rings is 1. The van der Waals surface area contributed by atoms with Crippen molar-refractivity contribution in [3.05, 3.63) is 58.8 Å². The van der Waals surface area contributed by atoms with Crippen LogP contribution in [0.4, 0.5) is 5.82 Å². The molecular weight excluding hydrogens is 282 g/mol. The summed E-state index contributed by atoms with van der Waals surface area (Å²) in [6, 6.07) is 9.42. The molecule has 108 valence electrons. The topological polar surface area (TPSA) is 54.0 Å². The number of pyridine rings is 1. The van der Waals surface area contributed by atoms with Crippen LogP contribution in [-0.4, -0.2) is 16.0 Å². The maximum atomic E-state index is 12.2. The van der Waals surface area contributed by atoms with Gasteiger partial charge in [-0.25, -0.2) is 4.98 Å². The third-order valence-corrected chi connectivity index (χ3v) is 3.07. The minimum atomic E-state index is -0.230. The van der Waals surface area contributed by atoms with Crippen molar-refractivity contribution in [1.82, 2.24) is 10.3 Å². The molecule has 1 aromatic heterocycles. The van der Waals surface area contributed by atoms with E-state index in [0.29, 0.717) is 11.4 Å². The summed E-state index contributed by atoms with van der Waals surface area (Å²) in [7, 11) is 0. The van der Waals surface area contributed by atoms with Crippen molar-refractivity contribution in [2.24, 2.45) is 0 Å². The van der Waals surface area contributed by atoms with E-state index in [9.17, 15) is 4.79 Å². The highest BCUT2D eigenvalue weighted by molar-refractivity contribution is 7.80. The molecule has 2 N–H and O–H groups in total. The number of rotatable bonds is 2. The van der Waals surface area contributed by atoms with Gasteiger partial charge in [-0.15, -0.1) is 0 Å². The molecule has 0 aliphatic carbocycles. The first-order valence-corrected chi connectivity index (χ1v) is 6.98. The van der Waals surface area contributed by atoms with Crippen molar-refractivity contribution in [2.75, 3.05) is 5.32 Å². The summed E-state index contributed by atoms with van der Waals surface area (Å²) in [5, 5.41) is 5.79. The van der Waals surface area contributed by atoms with Gasteiger partial charge in [0.15, 0.2) is 5.11 Å². The third-order valence-electron chi connectivity index (χ3n) is 2.87. The van der Waals surface area contributed by atoms with E-state index in [2.05, 4.69) is 15.6 Å². The van der Waals surface area contributed by atoms with Crippen LogP contribution in [0.1, 0.15) is 27.0 Å². The third kappa shape index (κ3) is 4.36. The minimum Gasteiger partial charge on any atom is -0.317 e. The van der Waals surface area contributed by atoms with Gasteiger partial charge in [0, 0.05) is 11.8 Å². The molecule has 0 saturated heterocycles. The maximum Gasteiger partial charge on any atom is 0.257 e. The van der Waals surface area contributed by atoms with Gasteiger partial charge >= 0.3 is 0 Å². The molecule has 1 heterocycles. The molecule has 2 rings (SSSR count). The Morgan fingerprint density at radius 2 is 1.71 bits per heavy atom. The van der Waals surface area contributed by atoms with Crippen LogP contribution in [0.25, 0.3) is 0 Å². The number of hydrogen-bond acceptors (Lipinski definition) is 3. The Bertz CT molecular complexity index is 677. The van der Waals surface area contributed by atoms with Gasteiger partial charge in [0.2, 0.25) is 0 Å². The number of carbonyl (C=O) groups is 1. The zero-order chi connectivity index (χ0) is 15.4. The molecular formula is C16H17N3OS. The van der Waals surface area contributed by atoms with Crippen LogP contribution >= 0.6 is 12.2 Å². The molecule has 1 amide bonds. The zero-order valence-electron chi connectivity index (χ0n) is 12.2. The normalized spacial score (nSPS) is 10.0. The number of amides is 1. The first kappa shape index (κ1) is 15.1. The highest BCUT2D eigenvalue weighted by atomic mass is 32.1. The van der Waals surface area contributed by atoms with Crippen molar-refractivity contribution in [2.45, 2.75) is 20.8 Å². The smallest absolute Gasteiger partial charge is 0.257 e. The van der Waals surface area contributed by atoms with E-state index in [1.54, 1.807) is 6.20 Å². The Hall–Kier alpha value is -2.27. The fraction of sp³-hybridized carbons (Fsp3) is 0.188. The predicted octanol–water partition coefficient (Wildman–Crippen LogP) is 3.13. The Morgan fingerprint density at radius 1 is 1.05 bits per heavy atom. The lowest BCUT2D eigenvalue weighted by molar-refractivity contribution is 0.0977. The molecule has 1 aromatic carbocycles. The van der Waals surface area contributed by atoms with Crippen LogP contribution in [0, 0.1) is 20.8 Å². The standard InChI is InChI=1S/C16H17N3OS/c1-10-4-5-17-14(9-10)18-16(21)19-15(20)13-7-11(2)6-12(3)8-13/h4-9H,1-3H3,(H2,17,18,19,20,21). The zero-order valence-corrected chi connectivity index (χ0v) is 13.0. The van der Waals surface area contributed by atoms with Crippen LogP contribution < -0.4 is 10.6 Å². The SMILES string of the molecule is Cc1cc(C)cc(C(=O)NC(=S)Nc2cc(C)ccn2)c1. The van der Waals surface area contributed by atoms with E-state index >= 15 is 0 Å². The average Bonchev–Trinajstić information content (AvgIpc) is 2.37. The molecule has 4 nitrogen and oxygen atoms in total. The monoisotopic (exact) mass is 299 g/mol. The van der Waals surface area contributed by atoms with Gasteiger partial charge in [-0.3, -0.25) is 10.1 Å². The Labute approximate surface area is 129 Å². The summed E-state index contributed by atoms with van der Waals surface area (Å²) in [6.45, 7) is 5.87. The molecule has 2 aromatic rings. The number of nitrogens with zero attached hydrogens (tertiary/aromatic N) is 1. The Balaban J connectivity index is 2.03. The number of nitrogens with one attached hydrogen (secondary N) is 2. The average molecular weight is 299 g/mol. The van der Waals surface area contributed by atoms with Crippen molar-refractivity contribution < 1.29 is 4.79 Å². The maximum absolute atomic E-state index is 12.2. The van der Waals surface area contributed by atoms with E-state index in [4.69, 9.17) is 12.2 Å². The largest absolute Gasteiger partial charge is 0.317 e. The van der Waals surface area contributed by atoms with Crippen molar-refractivity contribution in [1.29, 1.82) is 0 Å². The van der Waals surface area contributed by atoms with Gasteiger partial charge in [-0.1, -0.05) is 17.2 Å². The summed E-state index contributed by atoms with van der Waals surface area (Å²) in [6.07, 6.45) is 1.69. The molecule has 0 aliphatic rings. The Morgan fingerprint density at radius 3 is 2.33 bits per heavy atom. The quantitative estimate of drug-likeness (QED) is 0.837. The molecule has 0 aliphatic heterocycles. The van der Waals surface area contributed by atoms with Crippen molar-refractivity contribution in [3.8, 4) is 0 Å². The van der Waals surface area contributed by atoms with E-state index in [1.807, 2.05) is 51.1 Å². The molecule has 0 radical (unpaired) electrons. The lowest BCUT2D eigenvalue weighted by atomic mass is 10.1. The lowest BCUT2D eigenvalue weighted by Crippen LogP contribution is -2.34. The number of aromatic nitrogens is 1. The van der Waals surface area contributed by atoms with Gasteiger partial charge in [0.25, 0.3) is 5.91 Å². The summed E-state index contributed by atoms with van der Waals surface area (Å²) >= 11 is 5.14. The highest BCUT2D eigenvalue weighted by Gasteiger charge is 2.09. The molecule has 0 fully saturated rings. The summed E-state index contributed by atoms with van der Waals surface area (Å²) < 4.78 is 0. The van der Waals surface area contributed by atoms with E-state index in [0.717, 1.165) is 16.7 Å². The fourth-order valence-electron chi connectivity index (χ4n) is 2.03. The van der Waals surface area contributed by atoms with Crippen LogP contribution in [-0.2, 0) is 0 Å². The van der Waals surface area contributed by atoms with E-state index < -0.39 is 0 Å². The number of aryl methyl sites for hydroxylation is 3. The predicted molar refractivity (Wildman–Crippen MR) is 88.6 cm³/mol. The molecule has 0 spiro atoms. The van der Waals surface area contributed by atoms with Crippen LogP contribution in [0.15, 0.2) is 36.5 Å². The molecule has 0 atom stereocenters. The molecule has 0 unspecified atom stereocenters. The van der Waals surface area contributed by atoms with Crippen molar-refractivity contribution in [3.63, 3.8) is 0 Å². The lowest BCUT2D eigenvalue weighted by Gasteiger charge is -2.10. The first-order chi connectivity index (χ1) is 9.94. The Kier molecular flexibility index (Phi) is 4.65. The molecule has 0 saturated carbocycles. The summed E-state index contributed by atoms with van der Waals surface area (Å²) in [5.74, 6) is 0.382.